The van der Waals surface area contributed by atoms with Crippen molar-refractivity contribution in [3.63, 3.8) is 0 Å². The van der Waals surface area contributed by atoms with Gasteiger partial charge in [-0.3, -0.25) is 9.69 Å². The van der Waals surface area contributed by atoms with E-state index < -0.39 is 11.9 Å². The molecule has 1 atom stereocenters. The van der Waals surface area contributed by atoms with Gasteiger partial charge in [0.2, 0.25) is 0 Å². The van der Waals surface area contributed by atoms with Crippen molar-refractivity contribution in [2.24, 2.45) is 5.92 Å². The number of aliphatic carboxylic acids is 1. The highest BCUT2D eigenvalue weighted by molar-refractivity contribution is 5.76. The van der Waals surface area contributed by atoms with Crippen molar-refractivity contribution in [3.8, 4) is 0 Å². The molecule has 1 unspecified atom stereocenters. The summed E-state index contributed by atoms with van der Waals surface area (Å²) in [5.41, 5.74) is 0. The SMILES string of the molecule is COCCNC(=O)N1CCN(C2CCCCC2)CC(C(=O)O)C1. The topological polar surface area (TPSA) is 82.1 Å². The van der Waals surface area contributed by atoms with Crippen LogP contribution in [0, 0.1) is 5.92 Å². The monoisotopic (exact) mass is 327 g/mol. The maximum Gasteiger partial charge on any atom is 0.317 e. The molecule has 0 spiro atoms. The lowest BCUT2D eigenvalue weighted by molar-refractivity contribution is -0.142. The molecule has 7 nitrogen and oxygen atoms in total. The van der Waals surface area contributed by atoms with Crippen molar-refractivity contribution in [3.05, 3.63) is 0 Å². The molecule has 2 fully saturated rings. The number of carboxylic acids is 1. The van der Waals surface area contributed by atoms with Crippen LogP contribution in [0.2, 0.25) is 0 Å². The summed E-state index contributed by atoms with van der Waals surface area (Å²) in [5.74, 6) is -1.34. The molecular formula is C16H29N3O4. The Morgan fingerprint density at radius 3 is 2.57 bits per heavy atom. The second-order valence-electron chi connectivity index (χ2n) is 6.49. The van der Waals surface area contributed by atoms with Crippen LogP contribution in [0.4, 0.5) is 4.79 Å². The third-order valence-corrected chi connectivity index (χ3v) is 4.86. The first-order valence-electron chi connectivity index (χ1n) is 8.60. The largest absolute Gasteiger partial charge is 0.481 e. The molecule has 1 aliphatic heterocycles. The van der Waals surface area contributed by atoms with E-state index in [1.54, 1.807) is 12.0 Å². The van der Waals surface area contributed by atoms with E-state index in [2.05, 4.69) is 10.2 Å². The number of amides is 2. The lowest BCUT2D eigenvalue weighted by atomic mass is 9.93. The van der Waals surface area contributed by atoms with Gasteiger partial charge >= 0.3 is 12.0 Å². The second kappa shape index (κ2) is 9.08. The van der Waals surface area contributed by atoms with E-state index in [1.165, 1.54) is 19.3 Å². The Morgan fingerprint density at radius 1 is 1.17 bits per heavy atom. The quantitative estimate of drug-likeness (QED) is 0.736. The highest BCUT2D eigenvalue weighted by atomic mass is 16.5. The number of rotatable bonds is 5. The minimum absolute atomic E-state index is 0.196. The number of urea groups is 1. The second-order valence-corrected chi connectivity index (χ2v) is 6.49. The Hall–Kier alpha value is -1.34. The van der Waals surface area contributed by atoms with Crippen LogP contribution < -0.4 is 5.32 Å². The minimum atomic E-state index is -0.817. The average Bonchev–Trinajstić information content (AvgIpc) is 2.79. The van der Waals surface area contributed by atoms with Crippen molar-refractivity contribution in [2.75, 3.05) is 46.4 Å². The van der Waals surface area contributed by atoms with Gasteiger partial charge in [-0.2, -0.15) is 0 Å². The molecule has 2 amide bonds. The van der Waals surface area contributed by atoms with Crippen LogP contribution >= 0.6 is 0 Å². The molecule has 2 N–H and O–H groups in total. The number of carbonyl (C=O) groups excluding carboxylic acids is 1. The molecule has 7 heteroatoms. The van der Waals surface area contributed by atoms with Crippen molar-refractivity contribution < 1.29 is 19.4 Å². The molecule has 0 aromatic heterocycles. The molecule has 1 heterocycles. The van der Waals surface area contributed by atoms with Gasteiger partial charge < -0.3 is 20.1 Å². The zero-order chi connectivity index (χ0) is 16.7. The third-order valence-electron chi connectivity index (χ3n) is 4.86. The molecule has 0 aromatic carbocycles. The maximum atomic E-state index is 12.2. The number of hydrogen-bond donors (Lipinski definition) is 2. The number of methoxy groups -OCH3 is 1. The number of nitrogens with zero attached hydrogens (tertiary/aromatic N) is 2. The highest BCUT2D eigenvalue weighted by Crippen LogP contribution is 2.24. The Labute approximate surface area is 138 Å². The minimum Gasteiger partial charge on any atom is -0.481 e. The Bertz CT molecular complexity index is 399. The molecule has 0 radical (unpaired) electrons. The van der Waals surface area contributed by atoms with Gasteiger partial charge in [0.1, 0.15) is 0 Å². The van der Waals surface area contributed by atoms with E-state index >= 15 is 0 Å². The summed E-state index contributed by atoms with van der Waals surface area (Å²) in [6.07, 6.45) is 6.01. The van der Waals surface area contributed by atoms with Gasteiger partial charge in [0.05, 0.1) is 12.5 Å². The van der Waals surface area contributed by atoms with E-state index in [0.717, 1.165) is 19.4 Å². The molecule has 1 saturated heterocycles. The summed E-state index contributed by atoms with van der Waals surface area (Å²) >= 11 is 0. The van der Waals surface area contributed by atoms with Gasteiger partial charge in [-0.05, 0) is 12.8 Å². The van der Waals surface area contributed by atoms with Crippen molar-refractivity contribution >= 4 is 12.0 Å². The summed E-state index contributed by atoms with van der Waals surface area (Å²) < 4.78 is 4.92. The Morgan fingerprint density at radius 2 is 1.91 bits per heavy atom. The molecule has 1 aliphatic carbocycles. The van der Waals surface area contributed by atoms with Crippen LogP contribution in [0.3, 0.4) is 0 Å². The fourth-order valence-corrected chi connectivity index (χ4v) is 3.53. The Kier molecular flexibility index (Phi) is 7.11. The number of hydrogen-bond acceptors (Lipinski definition) is 4. The van der Waals surface area contributed by atoms with E-state index in [1.807, 2.05) is 0 Å². The number of ether oxygens (including phenoxy) is 1. The fraction of sp³-hybridized carbons (Fsp3) is 0.875. The number of carboxylic acid groups (broad SMARTS) is 1. The van der Waals surface area contributed by atoms with Crippen LogP contribution in [-0.2, 0) is 9.53 Å². The maximum absolute atomic E-state index is 12.2. The van der Waals surface area contributed by atoms with Crippen LogP contribution in [0.5, 0.6) is 0 Å². The zero-order valence-electron chi connectivity index (χ0n) is 14.0. The summed E-state index contributed by atoms with van der Waals surface area (Å²) in [6, 6.07) is 0.279. The lowest BCUT2D eigenvalue weighted by Gasteiger charge is -2.34. The Balaban J connectivity index is 1.96. The van der Waals surface area contributed by atoms with E-state index in [0.29, 0.717) is 32.3 Å². The third kappa shape index (κ3) is 5.35. The van der Waals surface area contributed by atoms with E-state index in [-0.39, 0.29) is 12.6 Å². The van der Waals surface area contributed by atoms with E-state index in [9.17, 15) is 14.7 Å². The van der Waals surface area contributed by atoms with Gasteiger partial charge in [0, 0.05) is 45.9 Å². The van der Waals surface area contributed by atoms with Gasteiger partial charge in [-0.15, -0.1) is 0 Å². The smallest absolute Gasteiger partial charge is 0.317 e. The predicted molar refractivity (Wildman–Crippen MR) is 86.4 cm³/mol. The van der Waals surface area contributed by atoms with E-state index in [4.69, 9.17) is 4.74 Å². The number of nitrogens with one attached hydrogen (secondary N) is 1. The van der Waals surface area contributed by atoms with Gasteiger partial charge in [-0.1, -0.05) is 19.3 Å². The fourth-order valence-electron chi connectivity index (χ4n) is 3.53. The summed E-state index contributed by atoms with van der Waals surface area (Å²) in [5, 5.41) is 12.3. The van der Waals surface area contributed by atoms with Crippen molar-refractivity contribution in [1.82, 2.24) is 15.1 Å². The van der Waals surface area contributed by atoms with Gasteiger partial charge in [0.15, 0.2) is 0 Å². The number of carbonyl (C=O) groups is 2. The molecular weight excluding hydrogens is 298 g/mol. The molecule has 2 aliphatic rings. The highest BCUT2D eigenvalue weighted by Gasteiger charge is 2.33. The molecule has 1 saturated carbocycles. The normalized spacial score (nSPS) is 24.2. The van der Waals surface area contributed by atoms with Crippen LogP contribution in [0.1, 0.15) is 32.1 Å². The lowest BCUT2D eigenvalue weighted by Crippen LogP contribution is -2.45. The van der Waals surface area contributed by atoms with Crippen molar-refractivity contribution in [2.45, 2.75) is 38.1 Å². The van der Waals surface area contributed by atoms with Crippen LogP contribution in [0.25, 0.3) is 0 Å². The predicted octanol–water partition coefficient (Wildman–Crippen LogP) is 0.994. The van der Waals surface area contributed by atoms with Gasteiger partial charge in [-0.25, -0.2) is 4.79 Å². The molecule has 2 rings (SSSR count). The first-order chi connectivity index (χ1) is 11.1. The molecule has 132 valence electrons. The zero-order valence-corrected chi connectivity index (χ0v) is 14.0. The standard InChI is InChI=1S/C16H29N3O4/c1-23-10-7-17-16(22)19-9-8-18(11-13(12-19)15(20)21)14-5-3-2-4-6-14/h13-14H,2-12H2,1H3,(H,17,22)(H,20,21). The van der Waals surface area contributed by atoms with Gasteiger partial charge in [0.25, 0.3) is 0 Å². The van der Waals surface area contributed by atoms with Crippen molar-refractivity contribution in [1.29, 1.82) is 0 Å². The van der Waals surface area contributed by atoms with Crippen LogP contribution in [0.15, 0.2) is 0 Å². The summed E-state index contributed by atoms with van der Waals surface area (Å²) in [6.45, 7) is 3.05. The molecule has 0 bridgehead atoms. The summed E-state index contributed by atoms with van der Waals surface area (Å²) in [7, 11) is 1.58. The average molecular weight is 327 g/mol. The first kappa shape index (κ1) is 18.0. The molecule has 23 heavy (non-hydrogen) atoms. The summed E-state index contributed by atoms with van der Waals surface area (Å²) in [4.78, 5) is 27.7. The van der Waals surface area contributed by atoms with Crippen LogP contribution in [-0.4, -0.2) is 79.4 Å². The first-order valence-corrected chi connectivity index (χ1v) is 8.60. The molecule has 0 aromatic rings.